The highest BCUT2D eigenvalue weighted by Gasteiger charge is 2.21. The Kier molecular flexibility index (Phi) is 4.81. The highest BCUT2D eigenvalue weighted by atomic mass is 79.9. The molecule has 1 atom stereocenters. The molecule has 90 valence electrons. The summed E-state index contributed by atoms with van der Waals surface area (Å²) < 4.78 is 0.983. The fourth-order valence-electron chi connectivity index (χ4n) is 2.09. The van der Waals surface area contributed by atoms with Gasteiger partial charge in [0.05, 0.1) is 0 Å². The first kappa shape index (κ1) is 13.5. The minimum absolute atomic E-state index is 0.306. The minimum atomic E-state index is 0.306. The lowest BCUT2D eigenvalue weighted by Gasteiger charge is -2.23. The van der Waals surface area contributed by atoms with Crippen LogP contribution in [-0.2, 0) is 0 Å². The van der Waals surface area contributed by atoms with Crippen molar-refractivity contribution < 1.29 is 5.11 Å². The Bertz CT molecular complexity index is 340. The molecule has 0 amide bonds. The van der Waals surface area contributed by atoms with Gasteiger partial charge in [0.1, 0.15) is 5.75 Å². The van der Waals surface area contributed by atoms with Crippen LogP contribution in [0.5, 0.6) is 5.75 Å². The van der Waals surface area contributed by atoms with Crippen molar-refractivity contribution in [1.82, 2.24) is 0 Å². The topological polar surface area (TPSA) is 46.2 Å². The van der Waals surface area contributed by atoms with Crippen molar-refractivity contribution in [3.8, 4) is 5.75 Å². The number of hydrogen-bond acceptors (Lipinski definition) is 2. The maximum Gasteiger partial charge on any atom is 0.120 e. The lowest BCUT2D eigenvalue weighted by molar-refractivity contribution is 0.423. The monoisotopic (exact) mass is 285 g/mol. The fourth-order valence-corrected chi connectivity index (χ4v) is 2.95. The Labute approximate surface area is 106 Å². The number of benzene rings is 1. The van der Waals surface area contributed by atoms with Gasteiger partial charge in [-0.25, -0.2) is 0 Å². The lowest BCUT2D eigenvalue weighted by atomic mass is 9.85. The summed E-state index contributed by atoms with van der Waals surface area (Å²) in [6, 6.07) is 3.85. The molecule has 1 unspecified atom stereocenters. The van der Waals surface area contributed by atoms with Crippen LogP contribution in [0.25, 0.3) is 0 Å². The molecule has 0 heterocycles. The van der Waals surface area contributed by atoms with Gasteiger partial charge in [0, 0.05) is 10.0 Å². The highest BCUT2D eigenvalue weighted by molar-refractivity contribution is 9.10. The zero-order valence-corrected chi connectivity index (χ0v) is 11.7. The van der Waals surface area contributed by atoms with Crippen molar-refractivity contribution in [2.24, 2.45) is 11.7 Å². The molecule has 0 aromatic heterocycles. The van der Waals surface area contributed by atoms with Gasteiger partial charge in [-0.2, -0.15) is 0 Å². The number of nitrogens with two attached hydrogens (primary N) is 1. The maximum absolute atomic E-state index is 10.0. The molecular formula is C13H20BrNO. The normalized spacial score (nSPS) is 13.1. The Morgan fingerprint density at radius 1 is 1.38 bits per heavy atom. The summed E-state index contributed by atoms with van der Waals surface area (Å²) in [5.41, 5.74) is 7.69. The lowest BCUT2D eigenvalue weighted by Crippen LogP contribution is -2.13. The van der Waals surface area contributed by atoms with E-state index in [-0.39, 0.29) is 0 Å². The van der Waals surface area contributed by atoms with E-state index >= 15 is 0 Å². The Balaban J connectivity index is 3.18. The van der Waals surface area contributed by atoms with Gasteiger partial charge in [-0.15, -0.1) is 0 Å². The highest BCUT2D eigenvalue weighted by Crippen LogP contribution is 2.39. The van der Waals surface area contributed by atoms with Crippen LogP contribution >= 0.6 is 15.9 Å². The van der Waals surface area contributed by atoms with E-state index in [4.69, 9.17) is 5.73 Å². The molecule has 0 saturated carbocycles. The van der Waals surface area contributed by atoms with Crippen LogP contribution in [0.3, 0.4) is 0 Å². The van der Waals surface area contributed by atoms with Gasteiger partial charge in [0.2, 0.25) is 0 Å². The maximum atomic E-state index is 10.0. The first-order chi connectivity index (χ1) is 7.47. The van der Waals surface area contributed by atoms with Crippen LogP contribution in [0.4, 0.5) is 0 Å². The second-order valence-electron chi connectivity index (χ2n) is 4.61. The largest absolute Gasteiger partial charge is 0.508 e. The van der Waals surface area contributed by atoms with E-state index in [1.54, 1.807) is 0 Å². The van der Waals surface area contributed by atoms with E-state index in [0.717, 1.165) is 22.0 Å². The van der Waals surface area contributed by atoms with Crippen molar-refractivity contribution in [1.29, 1.82) is 0 Å². The predicted molar refractivity (Wildman–Crippen MR) is 71.8 cm³/mol. The third-order valence-electron chi connectivity index (χ3n) is 2.91. The summed E-state index contributed by atoms with van der Waals surface area (Å²) in [5, 5.41) is 10.0. The van der Waals surface area contributed by atoms with Gasteiger partial charge < -0.3 is 10.8 Å². The molecule has 0 aliphatic heterocycles. The zero-order valence-electron chi connectivity index (χ0n) is 10.1. The van der Waals surface area contributed by atoms with Crippen LogP contribution in [-0.4, -0.2) is 11.7 Å². The molecule has 1 aromatic rings. The predicted octanol–water partition coefficient (Wildman–Crippen LogP) is 3.55. The number of phenols is 1. The van der Waals surface area contributed by atoms with Crippen molar-refractivity contribution in [2.45, 2.75) is 33.1 Å². The number of halogens is 1. The van der Waals surface area contributed by atoms with Gasteiger partial charge in [0.15, 0.2) is 0 Å². The van der Waals surface area contributed by atoms with Crippen LogP contribution < -0.4 is 5.73 Å². The third kappa shape index (κ3) is 2.98. The number of aryl methyl sites for hydroxylation is 1. The number of hydrogen-bond donors (Lipinski definition) is 2. The smallest absolute Gasteiger partial charge is 0.120 e. The second kappa shape index (κ2) is 5.69. The summed E-state index contributed by atoms with van der Waals surface area (Å²) in [6.07, 6.45) is 0.896. The minimum Gasteiger partial charge on any atom is -0.508 e. The van der Waals surface area contributed by atoms with Crippen LogP contribution in [0.2, 0.25) is 0 Å². The quantitative estimate of drug-likeness (QED) is 0.889. The van der Waals surface area contributed by atoms with Crippen LogP contribution in [0.15, 0.2) is 16.6 Å². The SMILES string of the molecule is Cc1cc(O)c(C(CCN)C(C)C)c(Br)c1. The van der Waals surface area contributed by atoms with Crippen molar-refractivity contribution >= 4 is 15.9 Å². The van der Waals surface area contributed by atoms with E-state index in [9.17, 15) is 5.11 Å². The first-order valence-corrected chi connectivity index (χ1v) is 6.45. The van der Waals surface area contributed by atoms with Gasteiger partial charge in [-0.05, 0) is 49.4 Å². The van der Waals surface area contributed by atoms with E-state index < -0.39 is 0 Å². The fraction of sp³-hybridized carbons (Fsp3) is 0.538. The molecule has 3 heteroatoms. The summed E-state index contributed by atoms with van der Waals surface area (Å²) in [7, 11) is 0. The first-order valence-electron chi connectivity index (χ1n) is 5.66. The van der Waals surface area contributed by atoms with E-state index in [0.29, 0.717) is 24.1 Å². The molecule has 0 aliphatic carbocycles. The Morgan fingerprint density at radius 3 is 2.44 bits per heavy atom. The van der Waals surface area contributed by atoms with Crippen molar-refractivity contribution in [2.75, 3.05) is 6.54 Å². The average Bonchev–Trinajstić information content (AvgIpc) is 2.14. The summed E-state index contributed by atoms with van der Waals surface area (Å²) in [6.45, 7) is 6.93. The molecule has 3 N–H and O–H groups in total. The average molecular weight is 286 g/mol. The van der Waals surface area contributed by atoms with Crippen molar-refractivity contribution in [3.63, 3.8) is 0 Å². The van der Waals surface area contributed by atoms with E-state index in [1.807, 2.05) is 19.1 Å². The molecule has 0 fully saturated rings. The zero-order chi connectivity index (χ0) is 12.3. The van der Waals surface area contributed by atoms with Crippen LogP contribution in [0, 0.1) is 12.8 Å². The number of rotatable bonds is 4. The molecule has 0 bridgehead atoms. The van der Waals surface area contributed by atoms with Gasteiger partial charge >= 0.3 is 0 Å². The molecule has 0 spiro atoms. The summed E-state index contributed by atoms with van der Waals surface area (Å²) in [5.74, 6) is 1.15. The molecule has 1 aromatic carbocycles. The standard InChI is InChI=1S/C13H20BrNO/c1-8(2)10(4-5-15)13-11(14)6-9(3)7-12(13)16/h6-8,10,16H,4-5,15H2,1-3H3. The Morgan fingerprint density at radius 2 is 2.00 bits per heavy atom. The van der Waals surface area contributed by atoms with E-state index in [2.05, 4.69) is 29.8 Å². The molecule has 2 nitrogen and oxygen atoms in total. The molecule has 0 saturated heterocycles. The number of aromatic hydroxyl groups is 1. The summed E-state index contributed by atoms with van der Waals surface area (Å²) >= 11 is 3.54. The van der Waals surface area contributed by atoms with Gasteiger partial charge in [-0.3, -0.25) is 0 Å². The molecule has 16 heavy (non-hydrogen) atoms. The molecule has 1 rings (SSSR count). The number of phenolic OH excluding ortho intramolecular Hbond substituents is 1. The third-order valence-corrected chi connectivity index (χ3v) is 3.56. The van der Waals surface area contributed by atoms with Gasteiger partial charge in [-0.1, -0.05) is 29.8 Å². The molecule has 0 radical (unpaired) electrons. The molecule has 0 aliphatic rings. The molecular weight excluding hydrogens is 266 g/mol. The Hall–Kier alpha value is -0.540. The van der Waals surface area contributed by atoms with Gasteiger partial charge in [0.25, 0.3) is 0 Å². The van der Waals surface area contributed by atoms with Crippen molar-refractivity contribution in [3.05, 3.63) is 27.7 Å². The van der Waals surface area contributed by atoms with E-state index in [1.165, 1.54) is 0 Å². The summed E-state index contributed by atoms with van der Waals surface area (Å²) in [4.78, 5) is 0. The second-order valence-corrected chi connectivity index (χ2v) is 5.46. The van der Waals surface area contributed by atoms with Crippen LogP contribution in [0.1, 0.15) is 37.3 Å².